The molecule has 21 heavy (non-hydrogen) atoms. The molecule has 5 nitrogen and oxygen atoms in total. The maximum absolute atomic E-state index is 12.0. The molecule has 0 heterocycles. The summed E-state index contributed by atoms with van der Waals surface area (Å²) < 4.78 is 0. The largest absolute Gasteiger partial charge is 0.478 e. The highest BCUT2D eigenvalue weighted by molar-refractivity contribution is 6.05. The SMILES string of the molecule is Cc1ccccc1NC(=O)Nc1c(C)cccc1C(=O)O. The fourth-order valence-corrected chi connectivity index (χ4v) is 1.99. The van der Waals surface area contributed by atoms with Gasteiger partial charge in [-0.25, -0.2) is 9.59 Å². The van der Waals surface area contributed by atoms with Crippen molar-refractivity contribution in [2.24, 2.45) is 0 Å². The Bertz CT molecular complexity index is 696. The molecule has 0 saturated carbocycles. The maximum Gasteiger partial charge on any atom is 0.337 e. The lowest BCUT2D eigenvalue weighted by Gasteiger charge is -2.13. The normalized spacial score (nSPS) is 10.0. The zero-order valence-corrected chi connectivity index (χ0v) is 11.8. The zero-order chi connectivity index (χ0) is 15.4. The van der Waals surface area contributed by atoms with Gasteiger partial charge in [0.1, 0.15) is 0 Å². The lowest BCUT2D eigenvalue weighted by molar-refractivity contribution is 0.0698. The standard InChI is InChI=1S/C16H16N2O3/c1-10-6-3-4-9-13(10)17-16(21)18-14-11(2)7-5-8-12(14)15(19)20/h3-9H,1-2H3,(H,19,20)(H2,17,18,21). The van der Waals surface area contributed by atoms with Gasteiger partial charge < -0.3 is 15.7 Å². The Morgan fingerprint density at radius 2 is 1.57 bits per heavy atom. The first kappa shape index (κ1) is 14.6. The summed E-state index contributed by atoms with van der Waals surface area (Å²) in [5.41, 5.74) is 2.66. The van der Waals surface area contributed by atoms with Crippen molar-refractivity contribution in [3.05, 3.63) is 59.2 Å². The van der Waals surface area contributed by atoms with Crippen LogP contribution >= 0.6 is 0 Å². The predicted octanol–water partition coefficient (Wildman–Crippen LogP) is 3.65. The Hall–Kier alpha value is -2.82. The molecule has 0 saturated heterocycles. The van der Waals surface area contributed by atoms with Crippen molar-refractivity contribution in [1.82, 2.24) is 0 Å². The van der Waals surface area contributed by atoms with Crippen molar-refractivity contribution in [3.63, 3.8) is 0 Å². The molecule has 3 N–H and O–H groups in total. The van der Waals surface area contributed by atoms with E-state index in [1.807, 2.05) is 25.1 Å². The van der Waals surface area contributed by atoms with Crippen molar-refractivity contribution in [2.75, 3.05) is 10.6 Å². The predicted molar refractivity (Wildman–Crippen MR) is 82.0 cm³/mol. The van der Waals surface area contributed by atoms with E-state index in [0.717, 1.165) is 5.56 Å². The molecule has 0 unspecified atom stereocenters. The number of hydrogen-bond donors (Lipinski definition) is 3. The highest BCUT2D eigenvalue weighted by atomic mass is 16.4. The van der Waals surface area contributed by atoms with Gasteiger partial charge in [0.05, 0.1) is 11.3 Å². The third kappa shape index (κ3) is 3.39. The monoisotopic (exact) mass is 284 g/mol. The first-order chi connectivity index (χ1) is 9.99. The summed E-state index contributed by atoms with van der Waals surface area (Å²) in [5.74, 6) is -1.08. The van der Waals surface area contributed by atoms with E-state index in [0.29, 0.717) is 16.9 Å². The number of hydrogen-bond acceptors (Lipinski definition) is 2. The molecule has 0 aliphatic carbocycles. The first-order valence-corrected chi connectivity index (χ1v) is 6.45. The second-order valence-electron chi connectivity index (χ2n) is 4.70. The van der Waals surface area contributed by atoms with E-state index in [1.54, 1.807) is 25.1 Å². The Morgan fingerprint density at radius 1 is 0.905 bits per heavy atom. The molecule has 5 heteroatoms. The van der Waals surface area contributed by atoms with Crippen LogP contribution in [0.2, 0.25) is 0 Å². The van der Waals surface area contributed by atoms with E-state index in [4.69, 9.17) is 5.11 Å². The number of nitrogens with one attached hydrogen (secondary N) is 2. The molecule has 2 rings (SSSR count). The van der Waals surface area contributed by atoms with Crippen LogP contribution in [0.4, 0.5) is 16.2 Å². The van der Waals surface area contributed by atoms with Crippen molar-refractivity contribution in [1.29, 1.82) is 0 Å². The van der Waals surface area contributed by atoms with Gasteiger partial charge in [-0.2, -0.15) is 0 Å². The van der Waals surface area contributed by atoms with E-state index in [-0.39, 0.29) is 5.56 Å². The fraction of sp³-hybridized carbons (Fsp3) is 0.125. The second-order valence-corrected chi connectivity index (χ2v) is 4.70. The zero-order valence-electron chi connectivity index (χ0n) is 11.8. The molecule has 0 radical (unpaired) electrons. The molecule has 0 aliphatic heterocycles. The Morgan fingerprint density at radius 3 is 2.24 bits per heavy atom. The molecular weight excluding hydrogens is 268 g/mol. The van der Waals surface area contributed by atoms with Gasteiger partial charge >= 0.3 is 12.0 Å². The van der Waals surface area contributed by atoms with Gasteiger partial charge in [0.2, 0.25) is 0 Å². The smallest absolute Gasteiger partial charge is 0.337 e. The van der Waals surface area contributed by atoms with Crippen LogP contribution in [0.15, 0.2) is 42.5 Å². The number of carboxylic acid groups (broad SMARTS) is 1. The van der Waals surface area contributed by atoms with Crippen molar-refractivity contribution in [3.8, 4) is 0 Å². The van der Waals surface area contributed by atoms with Crippen LogP contribution in [0.3, 0.4) is 0 Å². The number of anilines is 2. The minimum Gasteiger partial charge on any atom is -0.478 e. The summed E-state index contributed by atoms with van der Waals surface area (Å²) in [5, 5.41) is 14.5. The second kappa shape index (κ2) is 6.09. The third-order valence-electron chi connectivity index (χ3n) is 3.13. The molecule has 2 amide bonds. The lowest BCUT2D eigenvalue weighted by Crippen LogP contribution is -2.22. The van der Waals surface area contributed by atoms with Crippen molar-refractivity contribution in [2.45, 2.75) is 13.8 Å². The van der Waals surface area contributed by atoms with E-state index in [9.17, 15) is 9.59 Å². The van der Waals surface area contributed by atoms with E-state index >= 15 is 0 Å². The average Bonchev–Trinajstić information content (AvgIpc) is 2.43. The summed E-state index contributed by atoms with van der Waals surface area (Å²) in [7, 11) is 0. The van der Waals surface area contributed by atoms with Crippen LogP contribution in [0.25, 0.3) is 0 Å². The quantitative estimate of drug-likeness (QED) is 0.805. The highest BCUT2D eigenvalue weighted by Gasteiger charge is 2.14. The van der Waals surface area contributed by atoms with Gasteiger partial charge in [0.15, 0.2) is 0 Å². The number of aryl methyl sites for hydroxylation is 2. The van der Waals surface area contributed by atoms with Gasteiger partial charge in [-0.1, -0.05) is 30.3 Å². The molecule has 0 bridgehead atoms. The number of carboxylic acids is 1. The lowest BCUT2D eigenvalue weighted by atomic mass is 10.1. The summed E-state index contributed by atoms with van der Waals surface area (Å²) in [6.45, 7) is 3.63. The molecule has 0 spiro atoms. The molecular formula is C16H16N2O3. The van der Waals surface area contributed by atoms with Gasteiger partial charge in [0, 0.05) is 5.69 Å². The minimum absolute atomic E-state index is 0.0648. The summed E-state index contributed by atoms with van der Waals surface area (Å²) >= 11 is 0. The van der Waals surface area contributed by atoms with Crippen molar-refractivity contribution >= 4 is 23.4 Å². The highest BCUT2D eigenvalue weighted by Crippen LogP contribution is 2.21. The van der Waals surface area contributed by atoms with Crippen LogP contribution in [-0.4, -0.2) is 17.1 Å². The average molecular weight is 284 g/mol. The molecule has 0 aromatic heterocycles. The topological polar surface area (TPSA) is 78.4 Å². The molecule has 2 aromatic rings. The number of benzene rings is 2. The molecule has 0 fully saturated rings. The summed E-state index contributed by atoms with van der Waals surface area (Å²) in [6.07, 6.45) is 0. The van der Waals surface area contributed by atoms with Gasteiger partial charge in [-0.05, 0) is 37.1 Å². The number of rotatable bonds is 3. The Balaban J connectivity index is 2.21. The van der Waals surface area contributed by atoms with Crippen LogP contribution in [-0.2, 0) is 0 Å². The Kier molecular flexibility index (Phi) is 4.23. The summed E-state index contributed by atoms with van der Waals surface area (Å²) in [6, 6.07) is 11.7. The maximum atomic E-state index is 12.0. The minimum atomic E-state index is -1.08. The number of aromatic carboxylic acids is 1. The number of amides is 2. The molecule has 0 aliphatic rings. The fourth-order valence-electron chi connectivity index (χ4n) is 1.99. The van der Waals surface area contributed by atoms with Gasteiger partial charge in [0.25, 0.3) is 0 Å². The third-order valence-corrected chi connectivity index (χ3v) is 3.13. The number of carbonyl (C=O) groups excluding carboxylic acids is 1. The number of carbonyl (C=O) groups is 2. The summed E-state index contributed by atoms with van der Waals surface area (Å²) in [4.78, 5) is 23.2. The first-order valence-electron chi connectivity index (χ1n) is 6.45. The molecule has 108 valence electrons. The number of urea groups is 1. The van der Waals surface area contributed by atoms with Gasteiger partial charge in [-0.3, -0.25) is 0 Å². The molecule has 2 aromatic carbocycles. The van der Waals surface area contributed by atoms with E-state index < -0.39 is 12.0 Å². The van der Waals surface area contributed by atoms with E-state index in [1.165, 1.54) is 6.07 Å². The van der Waals surface area contributed by atoms with Crippen LogP contribution in [0.5, 0.6) is 0 Å². The van der Waals surface area contributed by atoms with Crippen LogP contribution in [0, 0.1) is 13.8 Å². The van der Waals surface area contributed by atoms with Crippen LogP contribution < -0.4 is 10.6 Å². The van der Waals surface area contributed by atoms with E-state index in [2.05, 4.69) is 10.6 Å². The number of para-hydroxylation sites is 2. The van der Waals surface area contributed by atoms with Crippen molar-refractivity contribution < 1.29 is 14.7 Å². The molecule has 0 atom stereocenters. The van der Waals surface area contributed by atoms with Crippen LogP contribution in [0.1, 0.15) is 21.5 Å². The van der Waals surface area contributed by atoms with Gasteiger partial charge in [-0.15, -0.1) is 0 Å². The Labute approximate surface area is 122 Å².